The van der Waals surface area contributed by atoms with Crippen LogP contribution in [0.1, 0.15) is 12.0 Å². The summed E-state index contributed by atoms with van der Waals surface area (Å²) in [5.41, 5.74) is 2.61. The van der Waals surface area contributed by atoms with Gasteiger partial charge in [-0.2, -0.15) is 0 Å². The van der Waals surface area contributed by atoms with Crippen molar-refractivity contribution in [1.29, 1.82) is 0 Å². The molecule has 0 aromatic heterocycles. The van der Waals surface area contributed by atoms with Crippen molar-refractivity contribution in [1.82, 2.24) is 15.1 Å². The van der Waals surface area contributed by atoms with E-state index in [2.05, 4.69) is 45.4 Å². The van der Waals surface area contributed by atoms with Gasteiger partial charge in [0.1, 0.15) is 5.75 Å². The topological polar surface area (TPSA) is 49.3 Å². The van der Waals surface area contributed by atoms with E-state index < -0.39 is 0 Å². The third kappa shape index (κ3) is 6.08. The molecule has 0 radical (unpaired) electrons. The van der Waals surface area contributed by atoms with Gasteiger partial charge < -0.3 is 24.6 Å². The summed E-state index contributed by atoms with van der Waals surface area (Å²) >= 11 is 0. The van der Waals surface area contributed by atoms with E-state index in [-0.39, 0.29) is 30.1 Å². The maximum absolute atomic E-state index is 5.83. The molecule has 27 heavy (non-hydrogen) atoms. The fourth-order valence-corrected chi connectivity index (χ4v) is 3.47. The monoisotopic (exact) mass is 486 g/mol. The average molecular weight is 486 g/mol. The zero-order valence-corrected chi connectivity index (χ0v) is 18.8. The first-order chi connectivity index (χ1) is 12.7. The molecule has 2 heterocycles. The van der Waals surface area contributed by atoms with Crippen molar-refractivity contribution in [3.63, 3.8) is 0 Å². The normalized spacial score (nSPS) is 21.3. The number of ether oxygens (including phenoxy) is 2. The Morgan fingerprint density at radius 1 is 1.37 bits per heavy atom. The highest BCUT2D eigenvalue weighted by Crippen LogP contribution is 2.25. The molecule has 1 aromatic carbocycles. The van der Waals surface area contributed by atoms with Crippen LogP contribution in [0.3, 0.4) is 0 Å². The molecule has 2 aliphatic rings. The number of nitrogens with zero attached hydrogens (tertiary/aromatic N) is 3. The van der Waals surface area contributed by atoms with Crippen molar-refractivity contribution in [2.45, 2.75) is 12.5 Å². The van der Waals surface area contributed by atoms with Gasteiger partial charge in [-0.15, -0.1) is 24.0 Å². The molecule has 0 spiro atoms. The van der Waals surface area contributed by atoms with Crippen molar-refractivity contribution in [3.8, 4) is 5.75 Å². The quantitative estimate of drug-likeness (QED) is 0.402. The number of rotatable bonds is 4. The zero-order chi connectivity index (χ0) is 18.4. The van der Waals surface area contributed by atoms with E-state index in [1.54, 1.807) is 7.11 Å². The van der Waals surface area contributed by atoms with Gasteiger partial charge in [0.2, 0.25) is 0 Å². The molecule has 2 aliphatic heterocycles. The predicted molar refractivity (Wildman–Crippen MR) is 121 cm³/mol. The molecule has 1 aromatic rings. The van der Waals surface area contributed by atoms with Gasteiger partial charge in [0.05, 0.1) is 19.8 Å². The van der Waals surface area contributed by atoms with Crippen LogP contribution in [-0.4, -0.2) is 82.4 Å². The lowest BCUT2D eigenvalue weighted by Gasteiger charge is -2.33. The molecule has 6 nitrogen and oxygen atoms in total. The smallest absolute Gasteiger partial charge is 0.194 e. The SMILES string of the molecule is CN=C(NCC1CN(C)CCO1)N1CC=C(c2cccc(OC)c2)CC1.I. The Balaban J connectivity index is 0.00000261. The lowest BCUT2D eigenvalue weighted by molar-refractivity contribution is -0.0163. The molecular weight excluding hydrogens is 455 g/mol. The number of morpholine rings is 1. The van der Waals surface area contributed by atoms with Gasteiger partial charge in [-0.05, 0) is 36.7 Å². The van der Waals surface area contributed by atoms with E-state index in [1.807, 2.05) is 19.2 Å². The van der Waals surface area contributed by atoms with Crippen molar-refractivity contribution in [3.05, 3.63) is 35.9 Å². The summed E-state index contributed by atoms with van der Waals surface area (Å²) in [6.45, 7) is 5.38. The fourth-order valence-electron chi connectivity index (χ4n) is 3.47. The Kier molecular flexibility index (Phi) is 8.85. The highest BCUT2D eigenvalue weighted by molar-refractivity contribution is 14.0. The van der Waals surface area contributed by atoms with Gasteiger partial charge >= 0.3 is 0 Å². The largest absolute Gasteiger partial charge is 0.497 e. The van der Waals surface area contributed by atoms with Crippen LogP contribution in [-0.2, 0) is 4.74 Å². The summed E-state index contributed by atoms with van der Waals surface area (Å²) in [7, 11) is 5.69. The molecule has 0 bridgehead atoms. The van der Waals surface area contributed by atoms with Crippen molar-refractivity contribution < 1.29 is 9.47 Å². The number of methoxy groups -OCH3 is 1. The van der Waals surface area contributed by atoms with E-state index in [9.17, 15) is 0 Å². The number of guanidine groups is 1. The Morgan fingerprint density at radius 3 is 2.89 bits per heavy atom. The van der Waals surface area contributed by atoms with Gasteiger partial charge in [-0.3, -0.25) is 4.99 Å². The molecule has 1 N–H and O–H groups in total. The third-order valence-corrected chi connectivity index (χ3v) is 4.99. The second kappa shape index (κ2) is 10.9. The minimum absolute atomic E-state index is 0. The first-order valence-electron chi connectivity index (χ1n) is 9.29. The van der Waals surface area contributed by atoms with Crippen LogP contribution < -0.4 is 10.1 Å². The lowest BCUT2D eigenvalue weighted by Crippen LogP contribution is -2.50. The summed E-state index contributed by atoms with van der Waals surface area (Å²) in [5, 5.41) is 3.48. The average Bonchev–Trinajstić information content (AvgIpc) is 2.69. The van der Waals surface area contributed by atoms with Crippen LogP contribution in [0.4, 0.5) is 0 Å². The molecule has 1 unspecified atom stereocenters. The highest BCUT2D eigenvalue weighted by atomic mass is 127. The molecule has 1 saturated heterocycles. The Bertz CT molecular complexity index is 665. The first-order valence-corrected chi connectivity index (χ1v) is 9.29. The number of benzene rings is 1. The maximum Gasteiger partial charge on any atom is 0.194 e. The van der Waals surface area contributed by atoms with Crippen LogP contribution in [0, 0.1) is 0 Å². The second-order valence-corrected chi connectivity index (χ2v) is 6.84. The molecular formula is C20H31IN4O2. The summed E-state index contributed by atoms with van der Waals surface area (Å²) in [5.74, 6) is 1.85. The van der Waals surface area contributed by atoms with Gasteiger partial charge in [0, 0.05) is 39.8 Å². The lowest BCUT2D eigenvalue weighted by atomic mass is 9.99. The van der Waals surface area contributed by atoms with Crippen LogP contribution in [0.15, 0.2) is 35.3 Å². The van der Waals surface area contributed by atoms with Crippen molar-refractivity contribution in [2.24, 2.45) is 4.99 Å². The molecule has 150 valence electrons. The summed E-state index contributed by atoms with van der Waals surface area (Å²) in [6.07, 6.45) is 3.50. The third-order valence-electron chi connectivity index (χ3n) is 4.99. The summed E-state index contributed by atoms with van der Waals surface area (Å²) < 4.78 is 11.2. The summed E-state index contributed by atoms with van der Waals surface area (Å²) in [6, 6.07) is 8.28. The number of hydrogen-bond donors (Lipinski definition) is 1. The van der Waals surface area contributed by atoms with Crippen LogP contribution in [0.2, 0.25) is 0 Å². The number of hydrogen-bond acceptors (Lipinski definition) is 4. The Morgan fingerprint density at radius 2 is 2.22 bits per heavy atom. The maximum atomic E-state index is 5.83. The van der Waals surface area contributed by atoms with Gasteiger partial charge in [-0.1, -0.05) is 18.2 Å². The predicted octanol–water partition coefficient (Wildman–Crippen LogP) is 2.31. The standard InChI is InChI=1S/C20H30N4O2.HI/c1-21-20(22-14-19-15-23(2)11-12-26-19)24-9-7-16(8-10-24)17-5-4-6-18(13-17)25-3;/h4-7,13,19H,8-12,14-15H2,1-3H3,(H,21,22);1H. The minimum Gasteiger partial charge on any atom is -0.497 e. The zero-order valence-electron chi connectivity index (χ0n) is 16.5. The van der Waals surface area contributed by atoms with Crippen molar-refractivity contribution in [2.75, 3.05) is 60.5 Å². The van der Waals surface area contributed by atoms with Crippen LogP contribution in [0.5, 0.6) is 5.75 Å². The second-order valence-electron chi connectivity index (χ2n) is 6.84. The van der Waals surface area contributed by atoms with E-state index >= 15 is 0 Å². The van der Waals surface area contributed by atoms with Gasteiger partial charge in [0.15, 0.2) is 5.96 Å². The molecule has 0 amide bonds. The van der Waals surface area contributed by atoms with E-state index in [1.165, 1.54) is 11.1 Å². The van der Waals surface area contributed by atoms with E-state index in [4.69, 9.17) is 9.47 Å². The minimum atomic E-state index is 0. The molecule has 1 atom stereocenters. The molecule has 0 aliphatic carbocycles. The number of aliphatic imine (C=N–C) groups is 1. The molecule has 0 saturated carbocycles. The van der Waals surface area contributed by atoms with Gasteiger partial charge in [0.25, 0.3) is 0 Å². The van der Waals surface area contributed by atoms with Gasteiger partial charge in [-0.25, -0.2) is 0 Å². The van der Waals surface area contributed by atoms with Crippen LogP contribution in [0.25, 0.3) is 5.57 Å². The van der Waals surface area contributed by atoms with Crippen LogP contribution >= 0.6 is 24.0 Å². The molecule has 3 rings (SSSR count). The fraction of sp³-hybridized carbons (Fsp3) is 0.550. The number of nitrogens with one attached hydrogen (secondary N) is 1. The number of likely N-dealkylation sites (N-methyl/N-ethyl adjacent to an activating group) is 1. The molecule has 7 heteroatoms. The molecule has 1 fully saturated rings. The Hall–Kier alpha value is -1.32. The van der Waals surface area contributed by atoms with E-state index in [0.29, 0.717) is 0 Å². The van der Waals surface area contributed by atoms with E-state index in [0.717, 1.165) is 57.5 Å². The Labute approximate surface area is 179 Å². The first kappa shape index (κ1) is 22.0. The summed E-state index contributed by atoms with van der Waals surface area (Å²) in [4.78, 5) is 9.05. The highest BCUT2D eigenvalue weighted by Gasteiger charge is 2.20. The number of halogens is 1. The van der Waals surface area contributed by atoms with Crippen molar-refractivity contribution >= 4 is 35.5 Å².